The third kappa shape index (κ3) is 1.70. The number of carbonyl (C=O) groups excluding carboxylic acids is 1. The van der Waals surface area contributed by atoms with Crippen molar-refractivity contribution in [3.05, 3.63) is 11.1 Å². The predicted molar refractivity (Wildman–Crippen MR) is 78.2 cm³/mol. The summed E-state index contributed by atoms with van der Waals surface area (Å²) in [4.78, 5) is 12.3. The number of ketones is 1. The number of carbonyl (C=O) groups is 1. The van der Waals surface area contributed by atoms with Crippen molar-refractivity contribution >= 4 is 5.78 Å². The van der Waals surface area contributed by atoms with Crippen LogP contribution in [0.5, 0.6) is 0 Å². The van der Waals surface area contributed by atoms with E-state index >= 15 is 0 Å². The van der Waals surface area contributed by atoms with Crippen molar-refractivity contribution in [2.75, 3.05) is 0 Å². The summed E-state index contributed by atoms with van der Waals surface area (Å²) in [6.45, 7) is 2.25. The van der Waals surface area contributed by atoms with Gasteiger partial charge in [-0.15, -0.1) is 0 Å². The van der Waals surface area contributed by atoms with Gasteiger partial charge in [0.25, 0.3) is 0 Å². The molecule has 110 valence electrons. The normalized spacial score (nSPS) is 47.8. The first-order valence-electron chi connectivity index (χ1n) is 8.52. The van der Waals surface area contributed by atoms with Crippen LogP contribution in [-0.4, -0.2) is 17.0 Å². The number of fused-ring (bicyclic) bond motifs is 4. The van der Waals surface area contributed by atoms with Gasteiger partial charge < -0.3 is 5.11 Å². The van der Waals surface area contributed by atoms with E-state index in [9.17, 15) is 9.90 Å². The number of hydrogen-bond donors (Lipinski definition) is 1. The Morgan fingerprint density at radius 2 is 1.95 bits per heavy atom. The Morgan fingerprint density at radius 1 is 1.10 bits per heavy atom. The van der Waals surface area contributed by atoms with Gasteiger partial charge in [0.15, 0.2) is 0 Å². The molecule has 0 heterocycles. The minimum Gasteiger partial charge on any atom is -0.393 e. The Morgan fingerprint density at radius 3 is 2.80 bits per heavy atom. The maximum atomic E-state index is 12.3. The first-order valence-corrected chi connectivity index (χ1v) is 8.52. The second-order valence-electron chi connectivity index (χ2n) is 7.86. The van der Waals surface area contributed by atoms with E-state index in [1.165, 1.54) is 19.3 Å². The highest BCUT2D eigenvalue weighted by Crippen LogP contribution is 2.59. The molecule has 1 N–H and O–H groups in total. The summed E-state index contributed by atoms with van der Waals surface area (Å²) in [6, 6.07) is 0. The van der Waals surface area contributed by atoms with E-state index in [1.54, 1.807) is 11.1 Å². The lowest BCUT2D eigenvalue weighted by atomic mass is 9.54. The van der Waals surface area contributed by atoms with Crippen molar-refractivity contribution in [2.45, 2.75) is 70.8 Å². The summed E-state index contributed by atoms with van der Waals surface area (Å²) >= 11 is 0. The van der Waals surface area contributed by atoms with Crippen molar-refractivity contribution < 1.29 is 9.90 Å². The summed E-state index contributed by atoms with van der Waals surface area (Å²) in [5.41, 5.74) is 3.29. The Bertz CT molecular complexity index is 478. The Hall–Kier alpha value is -0.630. The van der Waals surface area contributed by atoms with Crippen LogP contribution < -0.4 is 0 Å². The molecule has 4 aliphatic carbocycles. The number of hydrogen-bond acceptors (Lipinski definition) is 2. The molecule has 2 heteroatoms. The minimum absolute atomic E-state index is 0.00735. The van der Waals surface area contributed by atoms with Gasteiger partial charge in [-0.05, 0) is 69.1 Å². The van der Waals surface area contributed by atoms with E-state index < -0.39 is 0 Å². The quantitative estimate of drug-likeness (QED) is 0.685. The standard InChI is InChI=1S/C18H26O2/c1-18-9-8-14-13-5-3-12(19)10-11(13)2-4-15(14)16(18)6-7-17(18)20/h12,14-16,19H,2-10H2,1H3. The predicted octanol–water partition coefficient (Wildman–Crippen LogP) is 3.63. The fraction of sp³-hybridized carbons (Fsp3) is 0.833. The molecule has 0 bridgehead atoms. The molecule has 0 aromatic carbocycles. The van der Waals surface area contributed by atoms with E-state index in [-0.39, 0.29) is 11.5 Å². The van der Waals surface area contributed by atoms with Gasteiger partial charge in [-0.2, -0.15) is 0 Å². The van der Waals surface area contributed by atoms with Gasteiger partial charge in [0.1, 0.15) is 5.78 Å². The number of aliphatic hydroxyl groups is 1. The van der Waals surface area contributed by atoms with Gasteiger partial charge in [-0.25, -0.2) is 0 Å². The molecule has 0 saturated heterocycles. The van der Waals surface area contributed by atoms with E-state index in [1.807, 2.05) is 0 Å². The highest BCUT2D eigenvalue weighted by molar-refractivity contribution is 5.87. The summed E-state index contributed by atoms with van der Waals surface area (Å²) in [5.74, 6) is 2.69. The molecule has 2 saturated carbocycles. The van der Waals surface area contributed by atoms with Gasteiger partial charge in [0.2, 0.25) is 0 Å². The zero-order valence-corrected chi connectivity index (χ0v) is 12.5. The topological polar surface area (TPSA) is 37.3 Å². The zero-order valence-electron chi connectivity index (χ0n) is 12.5. The van der Waals surface area contributed by atoms with Crippen molar-refractivity contribution in [3.63, 3.8) is 0 Å². The highest BCUT2D eigenvalue weighted by atomic mass is 16.3. The molecule has 5 unspecified atom stereocenters. The van der Waals surface area contributed by atoms with Crippen molar-refractivity contribution in [1.29, 1.82) is 0 Å². The van der Waals surface area contributed by atoms with Gasteiger partial charge >= 0.3 is 0 Å². The molecular formula is C18H26O2. The third-order valence-corrected chi connectivity index (χ3v) is 7.06. The van der Waals surface area contributed by atoms with Crippen LogP contribution in [0, 0.1) is 23.2 Å². The molecule has 2 fully saturated rings. The van der Waals surface area contributed by atoms with Gasteiger partial charge in [-0.1, -0.05) is 18.1 Å². The summed E-state index contributed by atoms with van der Waals surface area (Å²) in [5, 5.41) is 9.89. The Labute approximate surface area is 121 Å². The molecule has 0 aliphatic heterocycles. The van der Waals surface area contributed by atoms with E-state index in [2.05, 4.69) is 6.92 Å². The van der Waals surface area contributed by atoms with Crippen LogP contribution in [-0.2, 0) is 4.79 Å². The number of aliphatic hydroxyl groups excluding tert-OH is 1. The summed E-state index contributed by atoms with van der Waals surface area (Å²) < 4.78 is 0. The second-order valence-corrected chi connectivity index (χ2v) is 7.86. The van der Waals surface area contributed by atoms with E-state index in [0.29, 0.717) is 11.7 Å². The van der Waals surface area contributed by atoms with Crippen LogP contribution in [0.2, 0.25) is 0 Å². The molecule has 0 aromatic heterocycles. The average molecular weight is 274 g/mol. The van der Waals surface area contributed by atoms with Crippen LogP contribution in [0.3, 0.4) is 0 Å². The van der Waals surface area contributed by atoms with E-state index in [4.69, 9.17) is 0 Å². The fourth-order valence-corrected chi connectivity index (χ4v) is 5.96. The molecule has 4 rings (SSSR count). The summed E-state index contributed by atoms with van der Waals surface area (Å²) in [7, 11) is 0. The maximum Gasteiger partial charge on any atom is 0.139 e. The molecule has 0 amide bonds. The van der Waals surface area contributed by atoms with Gasteiger partial charge in [0, 0.05) is 11.8 Å². The monoisotopic (exact) mass is 274 g/mol. The average Bonchev–Trinajstić information content (AvgIpc) is 2.74. The van der Waals surface area contributed by atoms with Crippen molar-refractivity contribution in [1.82, 2.24) is 0 Å². The van der Waals surface area contributed by atoms with Gasteiger partial charge in [-0.3, -0.25) is 4.79 Å². The lowest BCUT2D eigenvalue weighted by molar-refractivity contribution is -0.129. The molecule has 0 radical (unpaired) electrons. The molecule has 20 heavy (non-hydrogen) atoms. The lowest BCUT2D eigenvalue weighted by Crippen LogP contribution is -2.44. The molecule has 0 aromatic rings. The second kappa shape index (κ2) is 4.43. The Balaban J connectivity index is 1.65. The van der Waals surface area contributed by atoms with Crippen LogP contribution in [0.4, 0.5) is 0 Å². The molecule has 2 nitrogen and oxygen atoms in total. The van der Waals surface area contributed by atoms with Crippen LogP contribution in [0.15, 0.2) is 11.1 Å². The van der Waals surface area contributed by atoms with Crippen LogP contribution in [0.25, 0.3) is 0 Å². The van der Waals surface area contributed by atoms with Crippen LogP contribution in [0.1, 0.15) is 64.7 Å². The Kier molecular flexibility index (Phi) is 2.89. The maximum absolute atomic E-state index is 12.3. The fourth-order valence-electron chi connectivity index (χ4n) is 5.96. The van der Waals surface area contributed by atoms with Crippen molar-refractivity contribution in [3.8, 4) is 0 Å². The number of Topliss-reactive ketones (excluding diaryl/α,β-unsaturated/α-hetero) is 1. The highest BCUT2D eigenvalue weighted by Gasteiger charge is 2.54. The van der Waals surface area contributed by atoms with Gasteiger partial charge in [0.05, 0.1) is 6.10 Å². The first-order chi connectivity index (χ1) is 9.59. The smallest absolute Gasteiger partial charge is 0.139 e. The number of rotatable bonds is 0. The third-order valence-electron chi connectivity index (χ3n) is 7.06. The first kappa shape index (κ1) is 13.1. The molecular weight excluding hydrogens is 248 g/mol. The molecule has 5 atom stereocenters. The largest absolute Gasteiger partial charge is 0.393 e. The van der Waals surface area contributed by atoms with Crippen molar-refractivity contribution in [2.24, 2.45) is 23.2 Å². The minimum atomic E-state index is -0.0905. The number of allylic oxidation sites excluding steroid dienone is 1. The molecule has 0 spiro atoms. The summed E-state index contributed by atoms with van der Waals surface area (Å²) in [6.07, 6.45) is 9.67. The van der Waals surface area contributed by atoms with E-state index in [0.717, 1.165) is 50.4 Å². The SMILES string of the molecule is CC12CCC3C4=C(CCC3C1CCC2=O)CC(O)CC4. The zero-order chi connectivity index (χ0) is 13.9. The van der Waals surface area contributed by atoms with Crippen LogP contribution >= 0.6 is 0 Å². The molecule has 4 aliphatic rings. The lowest BCUT2D eigenvalue weighted by Gasteiger charge is -2.50.